The Morgan fingerprint density at radius 3 is 2.44 bits per heavy atom. The minimum absolute atomic E-state index is 0.0105. The highest BCUT2D eigenvalue weighted by atomic mass is 32.2. The van der Waals surface area contributed by atoms with E-state index in [-0.39, 0.29) is 60.2 Å². The Morgan fingerprint density at radius 2 is 1.82 bits per heavy atom. The molecule has 3 aromatic rings. The van der Waals surface area contributed by atoms with Gasteiger partial charge in [-0.3, -0.25) is 14.6 Å². The van der Waals surface area contributed by atoms with Gasteiger partial charge in [-0.05, 0) is 39.1 Å². The molecule has 1 aromatic carbocycles. The van der Waals surface area contributed by atoms with Crippen molar-refractivity contribution in [1.29, 1.82) is 0 Å². The Kier molecular flexibility index (Phi) is 7.00. The molecule has 0 bridgehead atoms. The molecule has 1 aliphatic carbocycles. The normalized spacial score (nSPS) is 19.9. The molecule has 4 aliphatic rings. The van der Waals surface area contributed by atoms with E-state index in [1.54, 1.807) is 24.2 Å². The van der Waals surface area contributed by atoms with Crippen molar-refractivity contribution in [3.63, 3.8) is 0 Å². The van der Waals surface area contributed by atoms with Gasteiger partial charge in [-0.25, -0.2) is 9.37 Å². The standard InChI is InChI=1S/C30H34FN7O6S/c1-34(2)19-13-36(14-19)28-25(38(44-17-39)45(41,42)37-15-20(16-37)43-4)8-18(11-33-28)21-9-22-24(10-23(21)31)32-12-26-27(22)30(6-5-7-30)29(40)35(26)3/h8-12,17,19-20H,5-7,13-16H2,1-4H3. The summed E-state index contributed by atoms with van der Waals surface area (Å²) in [6, 6.07) is 4.66. The number of carbonyl (C=O) groups excluding carboxylic acids is 2. The van der Waals surface area contributed by atoms with Gasteiger partial charge in [0.1, 0.15) is 11.5 Å². The van der Waals surface area contributed by atoms with Gasteiger partial charge in [-0.1, -0.05) is 10.9 Å². The van der Waals surface area contributed by atoms with Gasteiger partial charge < -0.3 is 24.3 Å². The maximum atomic E-state index is 15.9. The van der Waals surface area contributed by atoms with Crippen molar-refractivity contribution in [1.82, 2.24) is 19.2 Å². The highest BCUT2D eigenvalue weighted by Crippen LogP contribution is 2.55. The fraction of sp³-hybridized carbons (Fsp3) is 0.467. The summed E-state index contributed by atoms with van der Waals surface area (Å²) < 4.78 is 50.3. The van der Waals surface area contributed by atoms with Crippen molar-refractivity contribution >= 4 is 50.7 Å². The molecular weight excluding hydrogens is 605 g/mol. The Morgan fingerprint density at radius 1 is 1.09 bits per heavy atom. The third-order valence-corrected chi connectivity index (χ3v) is 11.4. The average Bonchev–Trinajstić information content (AvgIpc) is 3.16. The van der Waals surface area contributed by atoms with Crippen molar-refractivity contribution in [3.8, 4) is 11.1 Å². The number of fused-ring (bicyclic) bond motifs is 4. The van der Waals surface area contributed by atoms with E-state index in [9.17, 15) is 18.0 Å². The molecule has 5 heterocycles. The summed E-state index contributed by atoms with van der Waals surface area (Å²) in [4.78, 5) is 44.8. The fourth-order valence-corrected chi connectivity index (χ4v) is 8.20. The van der Waals surface area contributed by atoms with Crippen molar-refractivity contribution < 1.29 is 32.0 Å². The summed E-state index contributed by atoms with van der Waals surface area (Å²) in [5.74, 6) is -0.310. The van der Waals surface area contributed by atoms with Crippen LogP contribution in [0, 0.1) is 5.82 Å². The Hall–Kier alpha value is -3.92. The highest BCUT2D eigenvalue weighted by Gasteiger charge is 2.54. The van der Waals surface area contributed by atoms with E-state index < -0.39 is 21.4 Å². The fourth-order valence-electron chi connectivity index (χ4n) is 6.76. The van der Waals surface area contributed by atoms with Crippen molar-refractivity contribution in [2.45, 2.75) is 36.8 Å². The molecule has 0 atom stereocenters. The van der Waals surface area contributed by atoms with E-state index in [0.717, 1.165) is 16.3 Å². The molecule has 238 valence electrons. The Labute approximate surface area is 260 Å². The molecule has 1 saturated carbocycles. The van der Waals surface area contributed by atoms with Crippen LogP contribution in [-0.2, 0) is 34.8 Å². The van der Waals surface area contributed by atoms with Crippen LogP contribution in [0.1, 0.15) is 24.8 Å². The van der Waals surface area contributed by atoms with Crippen LogP contribution in [-0.4, -0.2) is 107 Å². The number of anilines is 3. The third kappa shape index (κ3) is 4.39. The van der Waals surface area contributed by atoms with Gasteiger partial charge >= 0.3 is 16.7 Å². The number of ether oxygens (including phenoxy) is 1. The van der Waals surface area contributed by atoms with Crippen LogP contribution < -0.4 is 14.3 Å². The van der Waals surface area contributed by atoms with Gasteiger partial charge in [0, 0.05) is 80.7 Å². The van der Waals surface area contributed by atoms with Crippen molar-refractivity contribution in [3.05, 3.63) is 42.0 Å². The molecule has 7 rings (SSSR count). The number of likely N-dealkylation sites (N-methyl/N-ethyl adjacent to an activating group) is 2. The smallest absolute Gasteiger partial charge is 0.335 e. The zero-order chi connectivity index (χ0) is 31.8. The number of aromatic nitrogens is 2. The van der Waals surface area contributed by atoms with Crippen LogP contribution in [0.5, 0.6) is 0 Å². The number of hydrogen-bond donors (Lipinski definition) is 0. The van der Waals surface area contributed by atoms with Crippen LogP contribution in [0.3, 0.4) is 0 Å². The van der Waals surface area contributed by atoms with E-state index in [4.69, 9.17) is 9.57 Å². The number of halogens is 1. The first-order valence-corrected chi connectivity index (χ1v) is 16.2. The zero-order valence-corrected chi connectivity index (χ0v) is 26.3. The summed E-state index contributed by atoms with van der Waals surface area (Å²) in [5.41, 5.74) is 1.69. The maximum Gasteiger partial charge on any atom is 0.335 e. The number of rotatable bonds is 9. The van der Waals surface area contributed by atoms with E-state index in [1.165, 1.54) is 25.4 Å². The molecule has 3 fully saturated rings. The molecule has 0 unspecified atom stereocenters. The van der Waals surface area contributed by atoms with Crippen molar-refractivity contribution in [2.24, 2.45) is 0 Å². The SMILES string of the molecule is COC1CN(S(=O)(=O)N(OC=O)c2cc(-c3cc4c5c(cnc4cc3F)N(C)C(=O)C53CCC3)cnc2N2CC(N(C)C)C2)C1. The van der Waals surface area contributed by atoms with Crippen LogP contribution in [0.2, 0.25) is 0 Å². The second kappa shape index (κ2) is 10.6. The molecule has 45 heavy (non-hydrogen) atoms. The minimum Gasteiger partial charge on any atom is -0.379 e. The third-order valence-electron chi connectivity index (χ3n) is 9.77. The van der Waals surface area contributed by atoms with Gasteiger partial charge in [0.15, 0.2) is 5.82 Å². The predicted molar refractivity (Wildman–Crippen MR) is 164 cm³/mol. The lowest BCUT2D eigenvalue weighted by atomic mass is 9.64. The van der Waals surface area contributed by atoms with Crippen LogP contribution in [0.4, 0.5) is 21.6 Å². The lowest BCUT2D eigenvalue weighted by molar-refractivity contribution is -0.128. The molecule has 0 N–H and O–H groups in total. The van der Waals surface area contributed by atoms with E-state index in [1.807, 2.05) is 19.0 Å². The van der Waals surface area contributed by atoms with Crippen molar-refractivity contribution in [2.75, 3.05) is 68.7 Å². The van der Waals surface area contributed by atoms with Crippen LogP contribution in [0.25, 0.3) is 22.0 Å². The molecule has 1 amide bonds. The Balaban J connectivity index is 1.37. The Bertz CT molecular complexity index is 1820. The molecule has 2 saturated heterocycles. The number of pyridine rings is 2. The van der Waals surface area contributed by atoms with Gasteiger partial charge in [-0.2, -0.15) is 12.7 Å². The number of benzene rings is 1. The summed E-state index contributed by atoms with van der Waals surface area (Å²) in [7, 11) is 2.77. The number of hydrogen-bond acceptors (Lipinski definition) is 10. The molecule has 2 aromatic heterocycles. The van der Waals surface area contributed by atoms with Gasteiger partial charge in [0.25, 0.3) is 0 Å². The second-order valence-electron chi connectivity index (χ2n) is 12.4. The second-order valence-corrected chi connectivity index (χ2v) is 14.1. The lowest BCUT2D eigenvalue weighted by Gasteiger charge is -2.45. The van der Waals surface area contributed by atoms with E-state index in [2.05, 4.69) is 14.9 Å². The summed E-state index contributed by atoms with van der Waals surface area (Å²) >= 11 is 0. The van der Waals surface area contributed by atoms with E-state index in [0.29, 0.717) is 47.0 Å². The molecule has 13 nitrogen and oxygen atoms in total. The average molecular weight is 640 g/mol. The first-order valence-electron chi connectivity index (χ1n) is 14.8. The number of nitrogens with zero attached hydrogens (tertiary/aromatic N) is 7. The zero-order valence-electron chi connectivity index (χ0n) is 25.4. The summed E-state index contributed by atoms with van der Waals surface area (Å²) in [6.45, 7) is 1.32. The first kappa shape index (κ1) is 29.8. The van der Waals surface area contributed by atoms with E-state index >= 15 is 4.39 Å². The van der Waals surface area contributed by atoms with Crippen LogP contribution in [0.15, 0.2) is 30.6 Å². The van der Waals surface area contributed by atoms with Gasteiger partial charge in [0.05, 0.1) is 28.9 Å². The molecule has 0 radical (unpaired) electrons. The number of amides is 1. The topological polar surface area (TPSA) is 129 Å². The van der Waals surface area contributed by atoms with Gasteiger partial charge in [-0.15, -0.1) is 0 Å². The van der Waals surface area contributed by atoms with Crippen LogP contribution >= 0.6 is 0 Å². The molecular formula is C30H34FN7O6S. The number of carbonyl (C=O) groups is 2. The monoisotopic (exact) mass is 639 g/mol. The quantitative estimate of drug-likeness (QED) is 0.254. The molecule has 15 heteroatoms. The van der Waals surface area contributed by atoms with Gasteiger partial charge in [0.2, 0.25) is 5.91 Å². The summed E-state index contributed by atoms with van der Waals surface area (Å²) in [6.07, 6.45) is 5.14. The summed E-state index contributed by atoms with van der Waals surface area (Å²) in [5, 5.41) is 0.656. The lowest BCUT2D eigenvalue weighted by Crippen LogP contribution is -2.59. The minimum atomic E-state index is -4.36. The highest BCUT2D eigenvalue weighted by molar-refractivity contribution is 7.90. The maximum absolute atomic E-state index is 15.9. The largest absolute Gasteiger partial charge is 0.379 e. The number of methoxy groups -OCH3 is 1. The predicted octanol–water partition coefficient (Wildman–Crippen LogP) is 2.05. The first-order chi connectivity index (χ1) is 21.5. The molecule has 3 aliphatic heterocycles. The molecule has 1 spiro atoms.